The number of amides is 1. The molecule has 2 rings (SSSR count). The average Bonchev–Trinajstić information content (AvgIpc) is 2.81. The highest BCUT2D eigenvalue weighted by molar-refractivity contribution is 5.93. The van der Waals surface area contributed by atoms with E-state index in [0.717, 1.165) is 18.6 Å². The van der Waals surface area contributed by atoms with Gasteiger partial charge in [0, 0.05) is 5.71 Å². The number of nitrogens with zero attached hydrogens (tertiary/aromatic N) is 1. The second-order valence-corrected chi connectivity index (χ2v) is 4.17. The van der Waals surface area contributed by atoms with E-state index in [2.05, 4.69) is 17.5 Å². The smallest absolute Gasteiger partial charge is 0.307 e. The lowest BCUT2D eigenvalue weighted by Gasteiger charge is -2.19. The maximum atomic E-state index is 11.5. The number of carbonyl (C=O) groups is 1. The monoisotopic (exact) mass is 220 g/mol. The Bertz CT molecular complexity index is 382. The minimum Gasteiger partial charge on any atom is -0.459 e. The number of hydrazone groups is 1. The van der Waals surface area contributed by atoms with Crippen molar-refractivity contribution in [2.45, 2.75) is 32.6 Å². The molecule has 1 aromatic rings. The van der Waals surface area contributed by atoms with Crippen LogP contribution in [0.4, 0.5) is 0 Å². The molecule has 1 aliphatic rings. The largest absolute Gasteiger partial charge is 0.459 e. The molecule has 0 spiro atoms. The first kappa shape index (κ1) is 10.9. The van der Waals surface area contributed by atoms with Crippen LogP contribution in [0.5, 0.6) is 0 Å². The Morgan fingerprint density at radius 2 is 2.44 bits per heavy atom. The molecular formula is C12H16N2O2. The van der Waals surface area contributed by atoms with Crippen molar-refractivity contribution in [3.8, 4) is 0 Å². The fourth-order valence-electron chi connectivity index (χ4n) is 1.92. The third kappa shape index (κ3) is 2.51. The van der Waals surface area contributed by atoms with Gasteiger partial charge in [0.2, 0.25) is 0 Å². The van der Waals surface area contributed by atoms with Gasteiger partial charge in [-0.05, 0) is 37.3 Å². The predicted molar refractivity (Wildman–Crippen MR) is 61.2 cm³/mol. The summed E-state index contributed by atoms with van der Waals surface area (Å²) in [6.45, 7) is 2.15. The number of rotatable bonds is 2. The Kier molecular flexibility index (Phi) is 3.39. The van der Waals surface area contributed by atoms with E-state index in [1.54, 1.807) is 12.1 Å². The molecule has 1 aromatic heterocycles. The van der Waals surface area contributed by atoms with Crippen molar-refractivity contribution in [3.05, 3.63) is 24.2 Å². The molecule has 86 valence electrons. The van der Waals surface area contributed by atoms with E-state index in [1.165, 1.54) is 19.1 Å². The Hall–Kier alpha value is -1.58. The lowest BCUT2D eigenvalue weighted by molar-refractivity contribution is 0.0927. The summed E-state index contributed by atoms with van der Waals surface area (Å²) >= 11 is 0. The van der Waals surface area contributed by atoms with Crippen molar-refractivity contribution < 1.29 is 9.21 Å². The van der Waals surface area contributed by atoms with E-state index in [1.807, 2.05) is 0 Å². The molecule has 0 saturated heterocycles. The van der Waals surface area contributed by atoms with Crippen molar-refractivity contribution in [2.24, 2.45) is 11.0 Å². The Morgan fingerprint density at radius 3 is 3.12 bits per heavy atom. The molecule has 1 N–H and O–H groups in total. The van der Waals surface area contributed by atoms with Crippen LogP contribution < -0.4 is 5.43 Å². The fourth-order valence-corrected chi connectivity index (χ4v) is 1.92. The van der Waals surface area contributed by atoms with Crippen LogP contribution in [0, 0.1) is 5.92 Å². The molecule has 0 unspecified atom stereocenters. The van der Waals surface area contributed by atoms with E-state index in [-0.39, 0.29) is 5.91 Å². The highest BCUT2D eigenvalue weighted by Crippen LogP contribution is 2.20. The Morgan fingerprint density at radius 1 is 1.56 bits per heavy atom. The van der Waals surface area contributed by atoms with Crippen LogP contribution in [0.15, 0.2) is 27.9 Å². The first-order valence-corrected chi connectivity index (χ1v) is 5.67. The Balaban J connectivity index is 1.95. The number of hydrogen-bond donors (Lipinski definition) is 1. The van der Waals surface area contributed by atoms with Crippen LogP contribution in [0.25, 0.3) is 0 Å². The van der Waals surface area contributed by atoms with Gasteiger partial charge in [-0.25, -0.2) is 5.43 Å². The molecule has 1 saturated carbocycles. The van der Waals surface area contributed by atoms with Gasteiger partial charge in [0.15, 0.2) is 5.76 Å². The van der Waals surface area contributed by atoms with Gasteiger partial charge in [-0.15, -0.1) is 0 Å². The maximum Gasteiger partial charge on any atom is 0.307 e. The summed E-state index contributed by atoms with van der Waals surface area (Å²) in [6, 6.07) is 3.31. The summed E-state index contributed by atoms with van der Waals surface area (Å²) < 4.78 is 4.98. The maximum absolute atomic E-state index is 11.5. The molecule has 0 aliphatic heterocycles. The lowest BCUT2D eigenvalue weighted by atomic mass is 9.89. The third-order valence-electron chi connectivity index (χ3n) is 2.93. The summed E-state index contributed by atoms with van der Waals surface area (Å²) in [5.41, 5.74) is 3.63. The van der Waals surface area contributed by atoms with Crippen molar-refractivity contribution >= 4 is 11.6 Å². The van der Waals surface area contributed by atoms with Gasteiger partial charge in [0.1, 0.15) is 0 Å². The summed E-state index contributed by atoms with van der Waals surface area (Å²) in [6.07, 6.45) is 6.05. The second kappa shape index (κ2) is 4.96. The van der Waals surface area contributed by atoms with Gasteiger partial charge in [-0.1, -0.05) is 13.3 Å². The summed E-state index contributed by atoms with van der Waals surface area (Å²) in [5.74, 6) is 0.494. The fraction of sp³-hybridized carbons (Fsp3) is 0.500. The molecule has 0 bridgehead atoms. The zero-order valence-corrected chi connectivity index (χ0v) is 9.40. The van der Waals surface area contributed by atoms with Crippen LogP contribution in [0.3, 0.4) is 0 Å². The van der Waals surface area contributed by atoms with Gasteiger partial charge in [-0.2, -0.15) is 5.10 Å². The minimum atomic E-state index is -0.282. The number of carbonyl (C=O) groups excluding carboxylic acids is 1. The van der Waals surface area contributed by atoms with Crippen molar-refractivity contribution in [2.75, 3.05) is 0 Å². The molecule has 0 radical (unpaired) electrons. The standard InChI is InChI=1S/C12H16N2O2/c1-9-5-2-3-6-10(9)13-14-12(15)11-7-4-8-16-11/h4,7-9H,2-3,5-6H2,1H3,(H,14,15)/b13-10+/t9-/m1/s1. The first-order valence-electron chi connectivity index (χ1n) is 5.67. The second-order valence-electron chi connectivity index (χ2n) is 4.17. The van der Waals surface area contributed by atoms with Crippen LogP contribution in [0.1, 0.15) is 43.2 Å². The molecule has 0 aromatic carbocycles. The molecule has 1 fully saturated rings. The van der Waals surface area contributed by atoms with Crippen molar-refractivity contribution in [3.63, 3.8) is 0 Å². The SMILES string of the molecule is C[C@@H]1CCCC/C1=N\NC(=O)c1ccco1. The van der Waals surface area contributed by atoms with Crippen LogP contribution >= 0.6 is 0 Å². The number of hydrogen-bond acceptors (Lipinski definition) is 3. The summed E-state index contributed by atoms with van der Waals surface area (Å²) in [4.78, 5) is 11.5. The molecule has 4 heteroatoms. The van der Waals surface area contributed by atoms with Crippen LogP contribution in [-0.4, -0.2) is 11.6 Å². The van der Waals surface area contributed by atoms with Gasteiger partial charge >= 0.3 is 5.91 Å². The zero-order valence-electron chi connectivity index (χ0n) is 9.40. The van der Waals surface area contributed by atoms with E-state index >= 15 is 0 Å². The number of nitrogens with one attached hydrogen (secondary N) is 1. The lowest BCUT2D eigenvalue weighted by Crippen LogP contribution is -2.23. The quantitative estimate of drug-likeness (QED) is 0.779. The third-order valence-corrected chi connectivity index (χ3v) is 2.93. The average molecular weight is 220 g/mol. The molecule has 1 heterocycles. The molecule has 4 nitrogen and oxygen atoms in total. The van der Waals surface area contributed by atoms with Gasteiger partial charge in [0.25, 0.3) is 0 Å². The van der Waals surface area contributed by atoms with Crippen LogP contribution in [0.2, 0.25) is 0 Å². The van der Waals surface area contributed by atoms with Gasteiger partial charge in [0.05, 0.1) is 6.26 Å². The predicted octanol–water partition coefficient (Wildman–Crippen LogP) is 2.58. The topological polar surface area (TPSA) is 54.6 Å². The van der Waals surface area contributed by atoms with Gasteiger partial charge < -0.3 is 4.42 Å². The van der Waals surface area contributed by atoms with E-state index in [9.17, 15) is 4.79 Å². The molecule has 1 amide bonds. The van der Waals surface area contributed by atoms with E-state index in [0.29, 0.717) is 11.7 Å². The summed E-state index contributed by atoms with van der Waals surface area (Å²) in [7, 11) is 0. The number of furan rings is 1. The van der Waals surface area contributed by atoms with E-state index < -0.39 is 0 Å². The zero-order chi connectivity index (χ0) is 11.4. The van der Waals surface area contributed by atoms with E-state index in [4.69, 9.17) is 4.42 Å². The first-order chi connectivity index (χ1) is 7.77. The van der Waals surface area contributed by atoms with Crippen LogP contribution in [-0.2, 0) is 0 Å². The van der Waals surface area contributed by atoms with Crippen molar-refractivity contribution in [1.29, 1.82) is 0 Å². The summed E-state index contributed by atoms with van der Waals surface area (Å²) in [5, 5.41) is 4.18. The minimum absolute atomic E-state index is 0.282. The van der Waals surface area contributed by atoms with Gasteiger partial charge in [-0.3, -0.25) is 4.79 Å². The normalized spacial score (nSPS) is 23.3. The molecular weight excluding hydrogens is 204 g/mol. The molecule has 1 atom stereocenters. The van der Waals surface area contributed by atoms with Crippen molar-refractivity contribution in [1.82, 2.24) is 5.43 Å². The highest BCUT2D eigenvalue weighted by atomic mass is 16.3. The Labute approximate surface area is 94.7 Å². The molecule has 1 aliphatic carbocycles. The molecule has 16 heavy (non-hydrogen) atoms. The highest BCUT2D eigenvalue weighted by Gasteiger charge is 2.16.